The molecule has 0 radical (unpaired) electrons. The standard InChI is InChI=1S/C12H21N3S/c1-11(10-15-5-2-3-6-15)8-13-9-12-14-4-7-16-12/h4,7,11,13H,2-3,5-6,8-10H2,1H3. The van der Waals surface area contributed by atoms with Crippen molar-refractivity contribution in [3.05, 3.63) is 16.6 Å². The number of nitrogens with zero attached hydrogens (tertiary/aromatic N) is 2. The van der Waals surface area contributed by atoms with Gasteiger partial charge in [-0.2, -0.15) is 0 Å². The van der Waals surface area contributed by atoms with Crippen molar-refractivity contribution in [3.8, 4) is 0 Å². The van der Waals surface area contributed by atoms with Gasteiger partial charge in [-0.3, -0.25) is 0 Å². The molecule has 1 aromatic heterocycles. The Morgan fingerprint density at radius 2 is 2.31 bits per heavy atom. The quantitative estimate of drug-likeness (QED) is 0.822. The molecule has 1 fully saturated rings. The van der Waals surface area contributed by atoms with Crippen molar-refractivity contribution in [2.24, 2.45) is 5.92 Å². The molecule has 2 rings (SSSR count). The predicted octanol–water partition coefficient (Wildman–Crippen LogP) is 1.96. The average Bonchev–Trinajstić information content (AvgIpc) is 2.90. The molecule has 1 atom stereocenters. The van der Waals surface area contributed by atoms with Crippen LogP contribution in [0.1, 0.15) is 24.8 Å². The lowest BCUT2D eigenvalue weighted by atomic mass is 10.1. The van der Waals surface area contributed by atoms with Gasteiger partial charge in [0.05, 0.1) is 0 Å². The van der Waals surface area contributed by atoms with Crippen LogP contribution >= 0.6 is 11.3 Å². The van der Waals surface area contributed by atoms with Crippen LogP contribution in [0.5, 0.6) is 0 Å². The third kappa shape index (κ3) is 3.85. The molecule has 16 heavy (non-hydrogen) atoms. The lowest BCUT2D eigenvalue weighted by Crippen LogP contribution is -2.31. The number of thiazole rings is 1. The van der Waals surface area contributed by atoms with E-state index in [9.17, 15) is 0 Å². The van der Waals surface area contributed by atoms with Crippen molar-refractivity contribution >= 4 is 11.3 Å². The number of hydrogen-bond donors (Lipinski definition) is 1. The lowest BCUT2D eigenvalue weighted by molar-refractivity contribution is 0.282. The Morgan fingerprint density at radius 3 is 3.00 bits per heavy atom. The molecule has 1 aliphatic heterocycles. The van der Waals surface area contributed by atoms with E-state index >= 15 is 0 Å². The van der Waals surface area contributed by atoms with Gasteiger partial charge in [-0.1, -0.05) is 6.92 Å². The first-order valence-corrected chi connectivity index (χ1v) is 7.04. The van der Waals surface area contributed by atoms with Crippen molar-refractivity contribution in [2.75, 3.05) is 26.2 Å². The fourth-order valence-electron chi connectivity index (χ4n) is 2.24. The van der Waals surface area contributed by atoms with E-state index in [1.54, 1.807) is 11.3 Å². The molecule has 1 aromatic rings. The van der Waals surface area contributed by atoms with Crippen LogP contribution in [0.3, 0.4) is 0 Å². The van der Waals surface area contributed by atoms with Gasteiger partial charge in [-0.15, -0.1) is 11.3 Å². The van der Waals surface area contributed by atoms with Gasteiger partial charge in [0.25, 0.3) is 0 Å². The number of nitrogens with one attached hydrogen (secondary N) is 1. The van der Waals surface area contributed by atoms with E-state index in [0.29, 0.717) is 0 Å². The summed E-state index contributed by atoms with van der Waals surface area (Å²) in [5.41, 5.74) is 0. The second kappa shape index (κ2) is 6.33. The van der Waals surface area contributed by atoms with E-state index in [-0.39, 0.29) is 0 Å². The summed E-state index contributed by atoms with van der Waals surface area (Å²) in [6.45, 7) is 8.18. The Kier molecular flexibility index (Phi) is 4.75. The molecule has 4 heteroatoms. The van der Waals surface area contributed by atoms with Gasteiger partial charge in [0, 0.05) is 24.7 Å². The zero-order chi connectivity index (χ0) is 11.2. The lowest BCUT2D eigenvalue weighted by Gasteiger charge is -2.20. The molecule has 1 aliphatic rings. The fourth-order valence-corrected chi connectivity index (χ4v) is 2.82. The molecule has 0 saturated carbocycles. The Labute approximate surface area is 102 Å². The smallest absolute Gasteiger partial charge is 0.106 e. The second-order valence-electron chi connectivity index (χ2n) is 4.67. The van der Waals surface area contributed by atoms with E-state index in [1.165, 1.54) is 37.5 Å². The highest BCUT2D eigenvalue weighted by molar-refractivity contribution is 7.09. The maximum atomic E-state index is 4.26. The predicted molar refractivity (Wildman–Crippen MR) is 68.7 cm³/mol. The van der Waals surface area contributed by atoms with Gasteiger partial charge in [0.1, 0.15) is 5.01 Å². The molecule has 0 aliphatic carbocycles. The summed E-state index contributed by atoms with van der Waals surface area (Å²) in [6, 6.07) is 0. The summed E-state index contributed by atoms with van der Waals surface area (Å²) < 4.78 is 0. The largest absolute Gasteiger partial charge is 0.310 e. The molecule has 1 N–H and O–H groups in total. The summed E-state index contributed by atoms with van der Waals surface area (Å²) in [5.74, 6) is 0.734. The molecule has 0 spiro atoms. The second-order valence-corrected chi connectivity index (χ2v) is 5.65. The zero-order valence-electron chi connectivity index (χ0n) is 9.98. The van der Waals surface area contributed by atoms with Crippen molar-refractivity contribution in [3.63, 3.8) is 0 Å². The Balaban J connectivity index is 1.58. The van der Waals surface area contributed by atoms with Crippen molar-refractivity contribution < 1.29 is 0 Å². The molecular weight excluding hydrogens is 218 g/mol. The Hall–Kier alpha value is -0.450. The molecule has 90 valence electrons. The molecule has 2 heterocycles. The minimum Gasteiger partial charge on any atom is -0.310 e. The summed E-state index contributed by atoms with van der Waals surface area (Å²) in [6.07, 6.45) is 4.65. The summed E-state index contributed by atoms with van der Waals surface area (Å²) in [7, 11) is 0. The number of likely N-dealkylation sites (tertiary alicyclic amines) is 1. The molecule has 0 aromatic carbocycles. The van der Waals surface area contributed by atoms with Crippen LogP contribution in [0, 0.1) is 5.92 Å². The molecule has 3 nitrogen and oxygen atoms in total. The van der Waals surface area contributed by atoms with Gasteiger partial charge in [-0.05, 0) is 38.4 Å². The Morgan fingerprint density at radius 1 is 1.50 bits per heavy atom. The highest BCUT2D eigenvalue weighted by atomic mass is 32.1. The summed E-state index contributed by atoms with van der Waals surface area (Å²) in [4.78, 5) is 6.84. The summed E-state index contributed by atoms with van der Waals surface area (Å²) in [5, 5.41) is 6.70. The van der Waals surface area contributed by atoms with Crippen molar-refractivity contribution in [1.29, 1.82) is 0 Å². The molecule has 1 saturated heterocycles. The van der Waals surface area contributed by atoms with Crippen LogP contribution in [0.15, 0.2) is 11.6 Å². The van der Waals surface area contributed by atoms with Crippen LogP contribution in [0.2, 0.25) is 0 Å². The van der Waals surface area contributed by atoms with E-state index in [1.807, 2.05) is 11.6 Å². The van der Waals surface area contributed by atoms with Crippen LogP contribution in [0.4, 0.5) is 0 Å². The monoisotopic (exact) mass is 239 g/mol. The molecule has 1 unspecified atom stereocenters. The van der Waals surface area contributed by atoms with E-state index in [2.05, 4.69) is 22.1 Å². The molecule has 0 amide bonds. The van der Waals surface area contributed by atoms with E-state index < -0.39 is 0 Å². The van der Waals surface area contributed by atoms with Crippen LogP contribution in [-0.2, 0) is 6.54 Å². The normalized spacial score (nSPS) is 19.1. The van der Waals surface area contributed by atoms with Crippen LogP contribution in [0.25, 0.3) is 0 Å². The fraction of sp³-hybridized carbons (Fsp3) is 0.750. The third-order valence-electron chi connectivity index (χ3n) is 3.02. The maximum Gasteiger partial charge on any atom is 0.106 e. The first kappa shape index (κ1) is 12.0. The minimum atomic E-state index is 0.734. The highest BCUT2D eigenvalue weighted by Gasteiger charge is 2.14. The first-order chi connectivity index (χ1) is 7.84. The zero-order valence-corrected chi connectivity index (χ0v) is 10.8. The Bertz CT molecular complexity index is 280. The topological polar surface area (TPSA) is 28.2 Å². The van der Waals surface area contributed by atoms with Crippen molar-refractivity contribution in [1.82, 2.24) is 15.2 Å². The number of hydrogen-bond acceptors (Lipinski definition) is 4. The summed E-state index contributed by atoms with van der Waals surface area (Å²) >= 11 is 1.72. The highest BCUT2D eigenvalue weighted by Crippen LogP contribution is 2.10. The van der Waals surface area contributed by atoms with Gasteiger partial charge in [0.2, 0.25) is 0 Å². The van der Waals surface area contributed by atoms with Crippen LogP contribution < -0.4 is 5.32 Å². The van der Waals surface area contributed by atoms with Gasteiger partial charge in [0.15, 0.2) is 0 Å². The van der Waals surface area contributed by atoms with Gasteiger partial charge >= 0.3 is 0 Å². The number of rotatable bonds is 6. The van der Waals surface area contributed by atoms with Gasteiger partial charge < -0.3 is 10.2 Å². The van der Waals surface area contributed by atoms with E-state index in [0.717, 1.165) is 19.0 Å². The maximum absolute atomic E-state index is 4.26. The molecule has 0 bridgehead atoms. The van der Waals surface area contributed by atoms with E-state index in [4.69, 9.17) is 0 Å². The van der Waals surface area contributed by atoms with Gasteiger partial charge in [-0.25, -0.2) is 4.98 Å². The third-order valence-corrected chi connectivity index (χ3v) is 3.80. The number of aromatic nitrogens is 1. The van der Waals surface area contributed by atoms with Crippen molar-refractivity contribution in [2.45, 2.75) is 26.3 Å². The SMILES string of the molecule is CC(CNCc1nccs1)CN1CCCC1. The molecular formula is C12H21N3S. The minimum absolute atomic E-state index is 0.734. The first-order valence-electron chi connectivity index (χ1n) is 6.16. The average molecular weight is 239 g/mol. The van der Waals surface area contributed by atoms with Crippen LogP contribution in [-0.4, -0.2) is 36.1 Å².